The molecule has 3 rings (SSSR count). The van der Waals surface area contributed by atoms with Crippen molar-refractivity contribution in [2.75, 3.05) is 6.54 Å². The Hall–Kier alpha value is -1.80. The van der Waals surface area contributed by atoms with Crippen molar-refractivity contribution >= 4 is 17.5 Å². The maximum Gasteiger partial charge on any atom is 0.220 e. The number of rotatable bonds is 1. The number of nitrogens with zero attached hydrogens (tertiary/aromatic N) is 1. The molecule has 1 unspecified atom stereocenters. The zero-order valence-corrected chi connectivity index (χ0v) is 12.1. The topological polar surface area (TPSA) is 20.3 Å². The molecule has 0 spiro atoms. The first-order chi connectivity index (χ1) is 9.68. The van der Waals surface area contributed by atoms with Crippen molar-refractivity contribution in [2.24, 2.45) is 0 Å². The van der Waals surface area contributed by atoms with Gasteiger partial charge in [-0.05, 0) is 29.2 Å². The molecule has 20 heavy (non-hydrogen) atoms. The number of fused-ring (bicyclic) bond motifs is 1. The average Bonchev–Trinajstić information content (AvgIpc) is 2.46. The van der Waals surface area contributed by atoms with Gasteiger partial charge < -0.3 is 4.90 Å². The monoisotopic (exact) mass is 285 g/mol. The molecule has 0 aromatic heterocycles. The second kappa shape index (κ2) is 5.29. The number of carbonyl (C=O) groups is 1. The van der Waals surface area contributed by atoms with Crippen molar-refractivity contribution in [3.63, 3.8) is 0 Å². The minimum atomic E-state index is -0.0776. The fourth-order valence-corrected chi connectivity index (χ4v) is 3.18. The van der Waals surface area contributed by atoms with E-state index in [0.29, 0.717) is 5.02 Å². The Balaban J connectivity index is 2.17. The van der Waals surface area contributed by atoms with Gasteiger partial charge in [-0.3, -0.25) is 4.79 Å². The fourth-order valence-electron chi connectivity index (χ4n) is 2.94. The van der Waals surface area contributed by atoms with Crippen LogP contribution in [0.15, 0.2) is 48.5 Å². The number of hydrogen-bond acceptors (Lipinski definition) is 1. The molecule has 2 aromatic carbocycles. The third-order valence-electron chi connectivity index (χ3n) is 3.89. The van der Waals surface area contributed by atoms with Gasteiger partial charge in [-0.25, -0.2) is 0 Å². The summed E-state index contributed by atoms with van der Waals surface area (Å²) in [4.78, 5) is 13.9. The molecule has 1 heterocycles. The van der Waals surface area contributed by atoms with Crippen LogP contribution >= 0.6 is 11.6 Å². The Bertz CT molecular complexity index is 653. The van der Waals surface area contributed by atoms with Gasteiger partial charge in [0.25, 0.3) is 0 Å². The molecule has 0 aliphatic carbocycles. The molecule has 0 saturated heterocycles. The van der Waals surface area contributed by atoms with Crippen molar-refractivity contribution in [1.29, 1.82) is 0 Å². The van der Waals surface area contributed by atoms with Crippen molar-refractivity contribution in [3.05, 3.63) is 70.2 Å². The summed E-state index contributed by atoms with van der Waals surface area (Å²) in [6, 6.07) is 16.0. The van der Waals surface area contributed by atoms with Crippen LogP contribution in [0.2, 0.25) is 5.02 Å². The molecule has 102 valence electrons. The highest BCUT2D eigenvalue weighted by molar-refractivity contribution is 6.31. The third-order valence-corrected chi connectivity index (χ3v) is 4.23. The largest absolute Gasteiger partial charge is 0.331 e. The molecular formula is C17H16ClNO. The molecule has 0 bridgehead atoms. The van der Waals surface area contributed by atoms with Crippen LogP contribution < -0.4 is 0 Å². The number of benzene rings is 2. The summed E-state index contributed by atoms with van der Waals surface area (Å²) in [6.07, 6.45) is 0.900. The minimum Gasteiger partial charge on any atom is -0.331 e. The van der Waals surface area contributed by atoms with E-state index in [0.717, 1.165) is 18.5 Å². The van der Waals surface area contributed by atoms with Gasteiger partial charge in [0.05, 0.1) is 6.04 Å². The molecule has 1 amide bonds. The van der Waals surface area contributed by atoms with Crippen LogP contribution in [0.5, 0.6) is 0 Å². The van der Waals surface area contributed by atoms with Crippen molar-refractivity contribution in [2.45, 2.75) is 19.4 Å². The fraction of sp³-hybridized carbons (Fsp3) is 0.235. The van der Waals surface area contributed by atoms with Crippen LogP contribution in [-0.4, -0.2) is 17.4 Å². The lowest BCUT2D eigenvalue weighted by Crippen LogP contribution is -2.39. The molecule has 1 aliphatic rings. The molecule has 0 fully saturated rings. The SMILES string of the molecule is CC(=O)N1CCc2ccccc2C1c1ccccc1Cl. The summed E-state index contributed by atoms with van der Waals surface area (Å²) in [7, 11) is 0. The van der Waals surface area contributed by atoms with E-state index in [1.54, 1.807) is 6.92 Å². The van der Waals surface area contributed by atoms with E-state index < -0.39 is 0 Å². The van der Waals surface area contributed by atoms with Gasteiger partial charge in [-0.15, -0.1) is 0 Å². The molecule has 0 radical (unpaired) electrons. The highest BCUT2D eigenvalue weighted by Gasteiger charge is 2.31. The Morgan fingerprint density at radius 3 is 2.45 bits per heavy atom. The Morgan fingerprint density at radius 2 is 1.75 bits per heavy atom. The van der Waals surface area contributed by atoms with Gasteiger partial charge in [0.2, 0.25) is 5.91 Å². The summed E-state index contributed by atoms with van der Waals surface area (Å²) in [6.45, 7) is 2.36. The zero-order chi connectivity index (χ0) is 14.1. The van der Waals surface area contributed by atoms with E-state index in [1.165, 1.54) is 11.1 Å². The van der Waals surface area contributed by atoms with E-state index in [9.17, 15) is 4.79 Å². The van der Waals surface area contributed by atoms with Gasteiger partial charge in [-0.1, -0.05) is 54.1 Å². The number of amides is 1. The molecule has 1 atom stereocenters. The van der Waals surface area contributed by atoms with Crippen LogP contribution in [0.3, 0.4) is 0 Å². The predicted octanol–water partition coefficient (Wildman–Crippen LogP) is 3.83. The standard InChI is InChI=1S/C17H16ClNO/c1-12(20)19-11-10-13-6-2-3-7-14(13)17(19)15-8-4-5-9-16(15)18/h2-9,17H,10-11H2,1H3. The van der Waals surface area contributed by atoms with Gasteiger partial charge in [0.1, 0.15) is 0 Å². The second-order valence-electron chi connectivity index (χ2n) is 5.09. The van der Waals surface area contributed by atoms with Crippen LogP contribution in [0.1, 0.15) is 29.7 Å². The first-order valence-electron chi connectivity index (χ1n) is 6.78. The van der Waals surface area contributed by atoms with Crippen LogP contribution in [0.4, 0.5) is 0 Å². The average molecular weight is 286 g/mol. The quantitative estimate of drug-likeness (QED) is 0.780. The molecule has 3 heteroatoms. The Labute approximate surface area is 124 Å². The lowest BCUT2D eigenvalue weighted by molar-refractivity contribution is -0.130. The normalized spacial score (nSPS) is 17.7. The Kier molecular flexibility index (Phi) is 3.49. The van der Waals surface area contributed by atoms with E-state index in [2.05, 4.69) is 12.1 Å². The number of halogens is 1. The lowest BCUT2D eigenvalue weighted by atomic mass is 9.88. The minimum absolute atomic E-state index is 0.0776. The maximum atomic E-state index is 12.0. The van der Waals surface area contributed by atoms with Crippen LogP contribution in [0, 0.1) is 0 Å². The van der Waals surface area contributed by atoms with Crippen LogP contribution in [0.25, 0.3) is 0 Å². The smallest absolute Gasteiger partial charge is 0.220 e. The molecule has 2 aromatic rings. The summed E-state index contributed by atoms with van der Waals surface area (Å²) >= 11 is 6.36. The van der Waals surface area contributed by atoms with E-state index >= 15 is 0 Å². The van der Waals surface area contributed by atoms with Crippen LogP contribution in [-0.2, 0) is 11.2 Å². The summed E-state index contributed by atoms with van der Waals surface area (Å²) < 4.78 is 0. The Morgan fingerprint density at radius 1 is 1.10 bits per heavy atom. The highest BCUT2D eigenvalue weighted by atomic mass is 35.5. The van der Waals surface area contributed by atoms with Crippen molar-refractivity contribution in [3.8, 4) is 0 Å². The lowest BCUT2D eigenvalue weighted by Gasteiger charge is -2.37. The van der Waals surface area contributed by atoms with Gasteiger partial charge in [-0.2, -0.15) is 0 Å². The van der Waals surface area contributed by atoms with Gasteiger partial charge in [0, 0.05) is 18.5 Å². The molecular weight excluding hydrogens is 270 g/mol. The summed E-state index contributed by atoms with van der Waals surface area (Å²) in [5.41, 5.74) is 3.48. The van der Waals surface area contributed by atoms with Gasteiger partial charge in [0.15, 0.2) is 0 Å². The second-order valence-corrected chi connectivity index (χ2v) is 5.49. The predicted molar refractivity (Wildman–Crippen MR) is 80.8 cm³/mol. The van der Waals surface area contributed by atoms with Crippen molar-refractivity contribution in [1.82, 2.24) is 4.90 Å². The summed E-state index contributed by atoms with van der Waals surface area (Å²) in [5.74, 6) is 0.0874. The number of hydrogen-bond donors (Lipinski definition) is 0. The van der Waals surface area contributed by atoms with E-state index in [4.69, 9.17) is 11.6 Å². The zero-order valence-electron chi connectivity index (χ0n) is 11.3. The first kappa shape index (κ1) is 13.2. The van der Waals surface area contributed by atoms with Crippen molar-refractivity contribution < 1.29 is 4.79 Å². The first-order valence-corrected chi connectivity index (χ1v) is 7.15. The summed E-state index contributed by atoms with van der Waals surface area (Å²) in [5, 5.41) is 0.709. The van der Waals surface area contributed by atoms with E-state index in [1.807, 2.05) is 41.3 Å². The number of carbonyl (C=O) groups excluding carboxylic acids is 1. The highest BCUT2D eigenvalue weighted by Crippen LogP contribution is 2.37. The van der Waals surface area contributed by atoms with Gasteiger partial charge >= 0.3 is 0 Å². The third kappa shape index (κ3) is 2.20. The van der Waals surface area contributed by atoms with E-state index in [-0.39, 0.29) is 11.9 Å². The molecule has 1 aliphatic heterocycles. The maximum absolute atomic E-state index is 12.0. The molecule has 2 nitrogen and oxygen atoms in total. The molecule has 0 N–H and O–H groups in total. The molecule has 0 saturated carbocycles.